The number of hydrogen-bond acceptors (Lipinski definition) is 5. The molecule has 1 N–H and O–H groups in total. The first-order chi connectivity index (χ1) is 9.25. The van der Waals surface area contributed by atoms with Crippen molar-refractivity contribution in [1.29, 1.82) is 0 Å². The Morgan fingerprint density at radius 1 is 1.53 bits per heavy atom. The number of thiophene rings is 1. The molecule has 0 spiro atoms. The SMILES string of the molecule is C[C@@H]1CNCCN1C(=O)c1csc(-c2cccs2)n1. The fourth-order valence-electron chi connectivity index (χ4n) is 2.18. The van der Waals surface area contributed by atoms with Crippen molar-refractivity contribution in [3.63, 3.8) is 0 Å². The van der Waals surface area contributed by atoms with E-state index >= 15 is 0 Å². The number of carbonyl (C=O) groups excluding carboxylic acids is 1. The van der Waals surface area contributed by atoms with E-state index < -0.39 is 0 Å². The summed E-state index contributed by atoms with van der Waals surface area (Å²) in [5.74, 6) is 0.0491. The Balaban J connectivity index is 1.80. The van der Waals surface area contributed by atoms with Gasteiger partial charge in [-0.1, -0.05) is 6.07 Å². The van der Waals surface area contributed by atoms with Crippen LogP contribution >= 0.6 is 22.7 Å². The van der Waals surface area contributed by atoms with Crippen LogP contribution in [0.15, 0.2) is 22.9 Å². The second-order valence-electron chi connectivity index (χ2n) is 4.57. The van der Waals surface area contributed by atoms with Crippen molar-refractivity contribution in [2.75, 3.05) is 19.6 Å². The van der Waals surface area contributed by atoms with Gasteiger partial charge in [-0.05, 0) is 18.4 Å². The fraction of sp³-hybridized carbons (Fsp3) is 0.385. The summed E-state index contributed by atoms with van der Waals surface area (Å²) in [4.78, 5) is 19.9. The molecule has 3 rings (SSSR count). The summed E-state index contributed by atoms with van der Waals surface area (Å²) in [7, 11) is 0. The van der Waals surface area contributed by atoms with Gasteiger partial charge in [-0.25, -0.2) is 4.98 Å². The summed E-state index contributed by atoms with van der Waals surface area (Å²) in [5, 5.41) is 8.11. The number of piperazine rings is 1. The molecule has 1 aliphatic rings. The zero-order valence-electron chi connectivity index (χ0n) is 10.6. The van der Waals surface area contributed by atoms with Gasteiger partial charge in [0.2, 0.25) is 0 Å². The lowest BCUT2D eigenvalue weighted by Crippen LogP contribution is -2.52. The lowest BCUT2D eigenvalue weighted by molar-refractivity contribution is 0.0650. The number of carbonyl (C=O) groups is 1. The van der Waals surface area contributed by atoms with Gasteiger partial charge in [0.1, 0.15) is 10.7 Å². The fourth-order valence-corrected chi connectivity index (χ4v) is 3.78. The standard InChI is InChI=1S/C13H15N3OS2/c1-9-7-14-4-5-16(9)13(17)10-8-19-12(15-10)11-3-2-6-18-11/h2-3,6,8-9,14H,4-5,7H2,1H3/t9-/m1/s1. The first-order valence-corrected chi connectivity index (χ1v) is 8.03. The third-order valence-corrected chi connectivity index (χ3v) is 5.10. The molecule has 2 aromatic rings. The van der Waals surface area contributed by atoms with E-state index in [2.05, 4.69) is 17.2 Å². The van der Waals surface area contributed by atoms with Crippen LogP contribution < -0.4 is 5.32 Å². The number of nitrogens with zero attached hydrogens (tertiary/aromatic N) is 2. The second kappa shape index (κ2) is 5.40. The van der Waals surface area contributed by atoms with Crippen LogP contribution in [-0.4, -0.2) is 41.5 Å². The highest BCUT2D eigenvalue weighted by molar-refractivity contribution is 7.20. The van der Waals surface area contributed by atoms with Gasteiger partial charge in [-0.2, -0.15) is 0 Å². The molecule has 1 fully saturated rings. The van der Waals surface area contributed by atoms with Gasteiger partial charge in [0, 0.05) is 31.1 Å². The summed E-state index contributed by atoms with van der Waals surface area (Å²) >= 11 is 3.19. The maximum Gasteiger partial charge on any atom is 0.273 e. The Morgan fingerprint density at radius 2 is 2.42 bits per heavy atom. The van der Waals surface area contributed by atoms with Gasteiger partial charge in [0.15, 0.2) is 0 Å². The van der Waals surface area contributed by atoms with E-state index in [1.807, 2.05) is 27.8 Å². The highest BCUT2D eigenvalue weighted by Crippen LogP contribution is 2.28. The minimum absolute atomic E-state index is 0.0491. The van der Waals surface area contributed by atoms with Crippen LogP contribution in [0.4, 0.5) is 0 Å². The van der Waals surface area contributed by atoms with Crippen molar-refractivity contribution in [3.8, 4) is 9.88 Å². The van der Waals surface area contributed by atoms with Crippen molar-refractivity contribution in [2.45, 2.75) is 13.0 Å². The molecule has 1 saturated heterocycles. The highest BCUT2D eigenvalue weighted by atomic mass is 32.1. The molecule has 0 saturated carbocycles. The molecule has 6 heteroatoms. The molecular weight excluding hydrogens is 278 g/mol. The molecule has 0 unspecified atom stereocenters. The topological polar surface area (TPSA) is 45.2 Å². The van der Waals surface area contributed by atoms with Gasteiger partial charge in [0.05, 0.1) is 4.88 Å². The third kappa shape index (κ3) is 2.56. The van der Waals surface area contributed by atoms with Crippen LogP contribution in [0.2, 0.25) is 0 Å². The minimum Gasteiger partial charge on any atom is -0.332 e. The van der Waals surface area contributed by atoms with Gasteiger partial charge in [-0.3, -0.25) is 4.79 Å². The summed E-state index contributed by atoms with van der Waals surface area (Å²) in [6, 6.07) is 4.26. The van der Waals surface area contributed by atoms with E-state index in [-0.39, 0.29) is 11.9 Å². The van der Waals surface area contributed by atoms with E-state index in [1.54, 1.807) is 11.3 Å². The molecule has 4 nitrogen and oxygen atoms in total. The maximum atomic E-state index is 12.4. The number of aromatic nitrogens is 1. The van der Waals surface area contributed by atoms with E-state index in [4.69, 9.17) is 0 Å². The second-order valence-corrected chi connectivity index (χ2v) is 6.37. The monoisotopic (exact) mass is 293 g/mol. The van der Waals surface area contributed by atoms with Crippen molar-refractivity contribution >= 4 is 28.6 Å². The van der Waals surface area contributed by atoms with E-state index in [0.717, 1.165) is 29.5 Å². The lowest BCUT2D eigenvalue weighted by atomic mass is 10.2. The molecule has 3 heterocycles. The molecule has 0 bridgehead atoms. The van der Waals surface area contributed by atoms with Crippen LogP contribution in [0.5, 0.6) is 0 Å². The summed E-state index contributed by atoms with van der Waals surface area (Å²) in [5.41, 5.74) is 0.571. The number of hydrogen-bond donors (Lipinski definition) is 1. The average molecular weight is 293 g/mol. The smallest absolute Gasteiger partial charge is 0.273 e. The molecule has 19 heavy (non-hydrogen) atoms. The quantitative estimate of drug-likeness (QED) is 0.924. The molecular formula is C13H15N3OS2. The molecule has 0 aliphatic carbocycles. The molecule has 1 aliphatic heterocycles. The summed E-state index contributed by atoms with van der Waals surface area (Å²) in [6.07, 6.45) is 0. The Kier molecular flexibility index (Phi) is 3.63. The van der Waals surface area contributed by atoms with Crippen LogP contribution in [0, 0.1) is 0 Å². The highest BCUT2D eigenvalue weighted by Gasteiger charge is 2.25. The van der Waals surface area contributed by atoms with Crippen LogP contribution in [0.25, 0.3) is 9.88 Å². The van der Waals surface area contributed by atoms with Gasteiger partial charge >= 0.3 is 0 Å². The first-order valence-electron chi connectivity index (χ1n) is 6.27. The van der Waals surface area contributed by atoms with E-state index in [9.17, 15) is 4.79 Å². The maximum absolute atomic E-state index is 12.4. The Bertz CT molecular complexity index is 564. The predicted molar refractivity (Wildman–Crippen MR) is 78.8 cm³/mol. The van der Waals surface area contributed by atoms with E-state index in [1.165, 1.54) is 11.3 Å². The number of rotatable bonds is 2. The average Bonchev–Trinajstić information content (AvgIpc) is 3.09. The Hall–Kier alpha value is -1.24. The largest absolute Gasteiger partial charge is 0.332 e. The molecule has 100 valence electrons. The Morgan fingerprint density at radius 3 is 3.16 bits per heavy atom. The summed E-state index contributed by atoms with van der Waals surface area (Å²) < 4.78 is 0. The van der Waals surface area contributed by atoms with Gasteiger partial charge in [0.25, 0.3) is 5.91 Å². The van der Waals surface area contributed by atoms with Crippen LogP contribution in [-0.2, 0) is 0 Å². The summed E-state index contributed by atoms with van der Waals surface area (Å²) in [6.45, 7) is 4.54. The number of thiazole rings is 1. The first kappa shape index (κ1) is 12.8. The Labute approximate surface area is 120 Å². The van der Waals surface area contributed by atoms with Gasteiger partial charge < -0.3 is 10.2 Å². The molecule has 1 amide bonds. The molecule has 2 aromatic heterocycles. The van der Waals surface area contributed by atoms with E-state index in [0.29, 0.717) is 5.69 Å². The molecule has 1 atom stereocenters. The zero-order chi connectivity index (χ0) is 13.2. The van der Waals surface area contributed by atoms with Crippen molar-refractivity contribution in [1.82, 2.24) is 15.2 Å². The van der Waals surface area contributed by atoms with Crippen LogP contribution in [0.3, 0.4) is 0 Å². The molecule has 0 aromatic carbocycles. The number of nitrogens with one attached hydrogen (secondary N) is 1. The van der Waals surface area contributed by atoms with Crippen molar-refractivity contribution < 1.29 is 4.79 Å². The molecule has 0 radical (unpaired) electrons. The van der Waals surface area contributed by atoms with Crippen LogP contribution in [0.1, 0.15) is 17.4 Å². The minimum atomic E-state index is 0.0491. The normalized spacial score (nSPS) is 19.6. The predicted octanol–water partition coefficient (Wildman–Crippen LogP) is 2.31. The van der Waals surface area contributed by atoms with Crippen molar-refractivity contribution in [2.24, 2.45) is 0 Å². The number of amides is 1. The van der Waals surface area contributed by atoms with Gasteiger partial charge in [-0.15, -0.1) is 22.7 Å². The third-order valence-electron chi connectivity index (χ3n) is 3.22. The zero-order valence-corrected chi connectivity index (χ0v) is 12.3. The van der Waals surface area contributed by atoms with Crippen molar-refractivity contribution in [3.05, 3.63) is 28.6 Å². The lowest BCUT2D eigenvalue weighted by Gasteiger charge is -2.33.